The summed E-state index contributed by atoms with van der Waals surface area (Å²) in [6.45, 7) is 0.0830. The number of hydrogen-bond donors (Lipinski definition) is 0. The summed E-state index contributed by atoms with van der Waals surface area (Å²) in [6.07, 6.45) is 9.95. The Morgan fingerprint density at radius 1 is 0.528 bits per heavy atom. The van der Waals surface area contributed by atoms with E-state index in [2.05, 4.69) is 191 Å². The topological polar surface area (TPSA) is 22.9 Å². The Labute approximate surface area is 309 Å². The summed E-state index contributed by atoms with van der Waals surface area (Å²) in [5, 5.41) is 2.23. The zero-order chi connectivity index (χ0) is 34.9. The highest BCUT2D eigenvalue weighted by Gasteiger charge is 2.43. The first-order chi connectivity index (χ1) is 26.3. The van der Waals surface area contributed by atoms with E-state index in [0.29, 0.717) is 0 Å². The lowest BCUT2D eigenvalue weighted by Gasteiger charge is -2.46. The molecule has 0 radical (unpaired) electrons. The summed E-state index contributed by atoms with van der Waals surface area (Å²) in [5.41, 5.74) is 15.1. The van der Waals surface area contributed by atoms with Crippen LogP contribution in [0.15, 0.2) is 193 Å². The normalized spacial score (nSPS) is 15.4. The molecule has 11 rings (SSSR count). The average molecular weight is 680 g/mol. The Kier molecular flexibility index (Phi) is 6.74. The maximum absolute atomic E-state index is 6.25. The van der Waals surface area contributed by atoms with Crippen LogP contribution in [-0.2, 0) is 0 Å². The van der Waals surface area contributed by atoms with Crippen LogP contribution in [0.5, 0.6) is 0 Å². The minimum atomic E-state index is 0.0830. The third kappa shape index (κ3) is 4.64. The molecule has 1 unspecified atom stereocenters. The lowest BCUT2D eigenvalue weighted by molar-refractivity contribution is 0.669. The van der Waals surface area contributed by atoms with Gasteiger partial charge in [-0.05, 0) is 102 Å². The van der Waals surface area contributed by atoms with Gasteiger partial charge in [-0.3, -0.25) is 0 Å². The van der Waals surface area contributed by atoms with Crippen LogP contribution in [0.3, 0.4) is 0 Å². The predicted octanol–water partition coefficient (Wildman–Crippen LogP) is 10.7. The molecule has 3 aliphatic rings. The number of allylic oxidation sites excluding steroid dienone is 2. The van der Waals surface area contributed by atoms with Crippen LogP contribution >= 0.6 is 0 Å². The van der Waals surface area contributed by atoms with Crippen LogP contribution in [0, 0.1) is 0 Å². The van der Waals surface area contributed by atoms with Gasteiger partial charge >= 0.3 is 0 Å². The summed E-state index contributed by atoms with van der Waals surface area (Å²) in [5.74, 6) is 0. The summed E-state index contributed by atoms with van der Waals surface area (Å²) >= 11 is 0. The monoisotopic (exact) mass is 679 g/mol. The molecule has 2 aliphatic heterocycles. The lowest BCUT2D eigenvalue weighted by Crippen LogP contribution is -2.62. The van der Waals surface area contributed by atoms with Gasteiger partial charge in [0.15, 0.2) is 0 Å². The van der Waals surface area contributed by atoms with Crippen molar-refractivity contribution in [2.24, 2.45) is 0 Å². The number of benzene rings is 7. The van der Waals surface area contributed by atoms with Crippen LogP contribution in [0.1, 0.15) is 6.42 Å². The number of furan rings is 1. The minimum Gasteiger partial charge on any atom is -0.456 e. The van der Waals surface area contributed by atoms with E-state index < -0.39 is 0 Å². The first-order valence-electron chi connectivity index (χ1n) is 18.4. The second-order valence-electron chi connectivity index (χ2n) is 14.1. The number of nitrogens with zero attached hydrogens (tertiary/aromatic N) is 3. The second kappa shape index (κ2) is 11.9. The fourth-order valence-electron chi connectivity index (χ4n) is 8.89. The SMILES string of the molecule is C1=CCC(N2c3ccccc3B3c4ccc(N(c5ccccc5)c5ccc6oc7ccccc7c6c5)cc4N(c4ccccc4)c4cccc2c43)C=C1. The predicted molar refractivity (Wildman–Crippen MR) is 223 cm³/mol. The van der Waals surface area contributed by atoms with Gasteiger partial charge < -0.3 is 19.1 Å². The van der Waals surface area contributed by atoms with Gasteiger partial charge in [-0.15, -0.1) is 0 Å². The maximum Gasteiger partial charge on any atom is 0.252 e. The van der Waals surface area contributed by atoms with Crippen molar-refractivity contribution in [1.82, 2.24) is 0 Å². The van der Waals surface area contributed by atoms with Crippen molar-refractivity contribution in [1.29, 1.82) is 0 Å². The Morgan fingerprint density at radius 2 is 1.23 bits per heavy atom. The van der Waals surface area contributed by atoms with Crippen LogP contribution in [0.2, 0.25) is 0 Å². The summed E-state index contributed by atoms with van der Waals surface area (Å²) in [7, 11) is 0. The van der Waals surface area contributed by atoms with Crippen molar-refractivity contribution in [3.8, 4) is 0 Å². The van der Waals surface area contributed by atoms with E-state index in [-0.39, 0.29) is 12.8 Å². The van der Waals surface area contributed by atoms with Gasteiger partial charge in [0.1, 0.15) is 11.2 Å². The molecule has 5 heteroatoms. The Bertz CT molecular complexity index is 2750. The van der Waals surface area contributed by atoms with Crippen molar-refractivity contribution in [3.63, 3.8) is 0 Å². The van der Waals surface area contributed by atoms with E-state index in [1.54, 1.807) is 0 Å². The van der Waals surface area contributed by atoms with Crippen LogP contribution in [0.25, 0.3) is 21.9 Å². The Balaban J connectivity index is 1.15. The van der Waals surface area contributed by atoms with Gasteiger partial charge in [0.25, 0.3) is 6.71 Å². The fraction of sp³-hybridized carbons (Fsp3) is 0.0417. The van der Waals surface area contributed by atoms with E-state index in [9.17, 15) is 0 Å². The molecule has 7 aromatic carbocycles. The Morgan fingerprint density at radius 3 is 2.09 bits per heavy atom. The largest absolute Gasteiger partial charge is 0.456 e. The molecular formula is C48H34BN3O. The van der Waals surface area contributed by atoms with E-state index in [1.807, 2.05) is 12.1 Å². The highest BCUT2D eigenvalue weighted by Crippen LogP contribution is 2.45. The van der Waals surface area contributed by atoms with Gasteiger partial charge in [-0.1, -0.05) is 109 Å². The molecule has 8 aromatic rings. The lowest BCUT2D eigenvalue weighted by atomic mass is 9.33. The fourth-order valence-corrected chi connectivity index (χ4v) is 8.89. The second-order valence-corrected chi connectivity index (χ2v) is 14.1. The standard InChI is InChI=1S/C48H34BN3O/c1-4-15-33(16-5-1)50(36-28-30-47-39(31-36)38-21-10-13-26-46(38)53-47)37-27-29-41-45(32-37)52(35-19-8-3-9-20-35)44-25-14-24-43-48(44)49(41)40-22-11-12-23-42(40)51(43)34-17-6-2-7-18-34/h1-17,19-32,34H,18H2. The first-order valence-corrected chi connectivity index (χ1v) is 18.4. The molecule has 250 valence electrons. The van der Waals surface area contributed by atoms with Gasteiger partial charge in [0, 0.05) is 56.3 Å². The molecule has 0 fully saturated rings. The summed E-state index contributed by atoms with van der Waals surface area (Å²) in [4.78, 5) is 7.42. The van der Waals surface area contributed by atoms with Crippen LogP contribution in [0.4, 0.5) is 45.5 Å². The number of hydrogen-bond acceptors (Lipinski definition) is 4. The zero-order valence-corrected chi connectivity index (χ0v) is 29.0. The zero-order valence-electron chi connectivity index (χ0n) is 29.0. The average Bonchev–Trinajstić information content (AvgIpc) is 3.60. The third-order valence-corrected chi connectivity index (χ3v) is 11.1. The number of fused-ring (bicyclic) bond motifs is 7. The molecule has 0 saturated heterocycles. The Hall–Kier alpha value is -6.72. The van der Waals surface area contributed by atoms with E-state index >= 15 is 0 Å². The summed E-state index contributed by atoms with van der Waals surface area (Å²) < 4.78 is 6.25. The number of anilines is 8. The smallest absolute Gasteiger partial charge is 0.252 e. The van der Waals surface area contributed by atoms with Crippen molar-refractivity contribution in [2.75, 3.05) is 14.7 Å². The molecule has 0 saturated carbocycles. The molecule has 1 aromatic heterocycles. The van der Waals surface area contributed by atoms with Gasteiger partial charge in [-0.25, -0.2) is 0 Å². The molecular weight excluding hydrogens is 645 g/mol. The molecule has 1 aliphatic carbocycles. The van der Waals surface area contributed by atoms with E-state index in [4.69, 9.17) is 4.42 Å². The first kappa shape index (κ1) is 30.0. The van der Waals surface area contributed by atoms with Crippen LogP contribution < -0.4 is 31.1 Å². The third-order valence-electron chi connectivity index (χ3n) is 11.1. The van der Waals surface area contributed by atoms with Crippen LogP contribution in [-0.4, -0.2) is 12.8 Å². The molecule has 3 heterocycles. The molecule has 0 amide bonds. The maximum atomic E-state index is 6.25. The van der Waals surface area contributed by atoms with Crippen molar-refractivity contribution in [2.45, 2.75) is 12.5 Å². The van der Waals surface area contributed by atoms with E-state index in [1.165, 1.54) is 39.1 Å². The minimum absolute atomic E-state index is 0.0830. The van der Waals surface area contributed by atoms with Crippen molar-refractivity contribution >= 4 is 90.5 Å². The van der Waals surface area contributed by atoms with Crippen molar-refractivity contribution in [3.05, 3.63) is 188 Å². The molecule has 53 heavy (non-hydrogen) atoms. The molecule has 0 spiro atoms. The number of para-hydroxylation sites is 4. The van der Waals surface area contributed by atoms with Gasteiger partial charge in [0.2, 0.25) is 0 Å². The highest BCUT2D eigenvalue weighted by molar-refractivity contribution is 7.00. The van der Waals surface area contributed by atoms with Gasteiger partial charge in [0.05, 0.1) is 6.04 Å². The van der Waals surface area contributed by atoms with Gasteiger partial charge in [-0.2, -0.15) is 0 Å². The molecule has 4 nitrogen and oxygen atoms in total. The summed E-state index contributed by atoms with van der Waals surface area (Å²) in [6, 6.07) is 59.6. The quantitative estimate of drug-likeness (QED) is 0.169. The van der Waals surface area contributed by atoms with E-state index in [0.717, 1.165) is 51.1 Å². The molecule has 0 bridgehead atoms. The van der Waals surface area contributed by atoms with Crippen molar-refractivity contribution < 1.29 is 4.42 Å². The molecule has 0 N–H and O–H groups in total. The number of rotatable bonds is 5. The molecule has 1 atom stereocenters. The highest BCUT2D eigenvalue weighted by atomic mass is 16.3.